The molecule has 2 rings (SSSR count). The molecule has 2 heterocycles. The summed E-state index contributed by atoms with van der Waals surface area (Å²) in [5.41, 5.74) is 7.46. The van der Waals surface area contributed by atoms with Crippen LogP contribution in [-0.2, 0) is 4.74 Å². The summed E-state index contributed by atoms with van der Waals surface area (Å²) in [6.45, 7) is 2.24. The quantitative estimate of drug-likeness (QED) is 0.851. The Balaban J connectivity index is 2.27. The van der Waals surface area contributed by atoms with Crippen LogP contribution >= 0.6 is 0 Å². The molecule has 2 aromatic heterocycles. The van der Waals surface area contributed by atoms with Gasteiger partial charge in [-0.15, -0.1) is 0 Å². The van der Waals surface area contributed by atoms with Gasteiger partial charge in [-0.05, 0) is 19.1 Å². The fourth-order valence-electron chi connectivity index (χ4n) is 1.46. The zero-order chi connectivity index (χ0) is 12.3. The Morgan fingerprint density at radius 2 is 2.35 bits per heavy atom. The molecule has 2 aromatic rings. The van der Waals surface area contributed by atoms with Crippen LogP contribution in [0.1, 0.15) is 17.6 Å². The number of hydrogen-bond acceptors (Lipinski definition) is 6. The molecule has 2 N–H and O–H groups in total. The average Bonchev–Trinajstić information content (AvgIpc) is 2.79. The van der Waals surface area contributed by atoms with Crippen molar-refractivity contribution in [3.05, 3.63) is 29.8 Å². The second kappa shape index (κ2) is 5.03. The molecule has 90 valence electrons. The number of hydrogen-bond donors (Lipinski definition) is 1. The van der Waals surface area contributed by atoms with Crippen LogP contribution in [0.4, 0.5) is 0 Å². The van der Waals surface area contributed by atoms with Crippen molar-refractivity contribution in [2.75, 3.05) is 13.7 Å². The lowest BCUT2D eigenvalue weighted by molar-refractivity contribution is 0.177. The lowest BCUT2D eigenvalue weighted by atomic mass is 10.2. The largest absolute Gasteiger partial charge is 0.383 e. The molecule has 0 aliphatic rings. The van der Waals surface area contributed by atoms with E-state index in [1.165, 1.54) is 0 Å². The SMILES string of the molecule is COCC(N)c1noc(-c2cccnc2C)n1. The van der Waals surface area contributed by atoms with Crippen molar-refractivity contribution >= 4 is 0 Å². The van der Waals surface area contributed by atoms with Gasteiger partial charge < -0.3 is 15.0 Å². The number of nitrogens with two attached hydrogens (primary N) is 1. The zero-order valence-electron chi connectivity index (χ0n) is 9.75. The first-order valence-corrected chi connectivity index (χ1v) is 5.22. The molecule has 1 unspecified atom stereocenters. The van der Waals surface area contributed by atoms with Crippen LogP contribution < -0.4 is 5.73 Å². The van der Waals surface area contributed by atoms with E-state index >= 15 is 0 Å². The molecule has 0 aliphatic carbocycles. The van der Waals surface area contributed by atoms with Crippen LogP contribution in [-0.4, -0.2) is 28.8 Å². The highest BCUT2D eigenvalue weighted by molar-refractivity contribution is 5.55. The third-order valence-electron chi connectivity index (χ3n) is 2.36. The van der Waals surface area contributed by atoms with E-state index in [0.717, 1.165) is 11.3 Å². The van der Waals surface area contributed by atoms with Gasteiger partial charge in [0.05, 0.1) is 18.2 Å². The summed E-state index contributed by atoms with van der Waals surface area (Å²) in [4.78, 5) is 8.40. The van der Waals surface area contributed by atoms with Gasteiger partial charge in [0.1, 0.15) is 0 Å². The van der Waals surface area contributed by atoms with Crippen molar-refractivity contribution in [3.8, 4) is 11.5 Å². The summed E-state index contributed by atoms with van der Waals surface area (Å²) in [5, 5.41) is 3.83. The minimum absolute atomic E-state index is 0.352. The molecule has 6 nitrogen and oxygen atoms in total. The molecular formula is C11H14N4O2. The van der Waals surface area contributed by atoms with Crippen LogP contribution in [0.2, 0.25) is 0 Å². The van der Waals surface area contributed by atoms with Crippen LogP contribution in [0.15, 0.2) is 22.9 Å². The van der Waals surface area contributed by atoms with Gasteiger partial charge in [-0.25, -0.2) is 0 Å². The Bertz CT molecular complexity index is 498. The van der Waals surface area contributed by atoms with E-state index in [1.807, 2.05) is 19.1 Å². The molecule has 0 saturated heterocycles. The molecule has 1 atom stereocenters. The molecule has 0 spiro atoms. The number of aryl methyl sites for hydroxylation is 1. The topological polar surface area (TPSA) is 87.1 Å². The molecule has 0 fully saturated rings. The first-order valence-electron chi connectivity index (χ1n) is 5.22. The summed E-state index contributed by atoms with van der Waals surface area (Å²) in [6.07, 6.45) is 1.72. The standard InChI is InChI=1S/C11H14N4O2/c1-7-8(4-3-5-13-7)11-14-10(15-17-11)9(12)6-16-2/h3-5,9H,6,12H2,1-2H3. The van der Waals surface area contributed by atoms with Crippen molar-refractivity contribution in [3.63, 3.8) is 0 Å². The Kier molecular flexibility index (Phi) is 3.46. The van der Waals surface area contributed by atoms with Gasteiger partial charge in [-0.2, -0.15) is 4.98 Å². The molecule has 6 heteroatoms. The van der Waals surface area contributed by atoms with E-state index in [4.69, 9.17) is 15.0 Å². The molecule has 0 radical (unpaired) electrons. The smallest absolute Gasteiger partial charge is 0.259 e. The maximum absolute atomic E-state index is 5.81. The van der Waals surface area contributed by atoms with Crippen molar-refractivity contribution in [2.24, 2.45) is 5.73 Å². The fourth-order valence-corrected chi connectivity index (χ4v) is 1.46. The molecule has 0 saturated carbocycles. The van der Waals surface area contributed by atoms with Gasteiger partial charge in [-0.3, -0.25) is 4.98 Å². The van der Waals surface area contributed by atoms with Crippen molar-refractivity contribution in [2.45, 2.75) is 13.0 Å². The Labute approximate surface area is 98.8 Å². The molecular weight excluding hydrogens is 220 g/mol. The fraction of sp³-hybridized carbons (Fsp3) is 0.364. The minimum atomic E-state index is -0.380. The van der Waals surface area contributed by atoms with E-state index < -0.39 is 0 Å². The summed E-state index contributed by atoms with van der Waals surface area (Å²) in [5.74, 6) is 0.863. The van der Waals surface area contributed by atoms with E-state index in [-0.39, 0.29) is 6.04 Å². The Morgan fingerprint density at radius 1 is 1.53 bits per heavy atom. The highest BCUT2D eigenvalue weighted by Crippen LogP contribution is 2.20. The van der Waals surface area contributed by atoms with Gasteiger partial charge in [-0.1, -0.05) is 5.16 Å². The van der Waals surface area contributed by atoms with Crippen LogP contribution in [0.5, 0.6) is 0 Å². The summed E-state index contributed by atoms with van der Waals surface area (Å²) >= 11 is 0. The van der Waals surface area contributed by atoms with Crippen molar-refractivity contribution in [1.29, 1.82) is 0 Å². The summed E-state index contributed by atoms with van der Waals surface area (Å²) in [6, 6.07) is 3.32. The molecule has 0 aromatic carbocycles. The maximum atomic E-state index is 5.81. The predicted molar refractivity (Wildman–Crippen MR) is 61.1 cm³/mol. The maximum Gasteiger partial charge on any atom is 0.259 e. The van der Waals surface area contributed by atoms with Gasteiger partial charge >= 0.3 is 0 Å². The second-order valence-electron chi connectivity index (χ2n) is 3.66. The zero-order valence-corrected chi connectivity index (χ0v) is 9.75. The number of pyridine rings is 1. The van der Waals surface area contributed by atoms with Crippen LogP contribution in [0, 0.1) is 6.92 Å². The Morgan fingerprint density at radius 3 is 3.06 bits per heavy atom. The van der Waals surface area contributed by atoms with E-state index in [1.54, 1.807) is 13.3 Å². The van der Waals surface area contributed by atoms with E-state index in [2.05, 4.69) is 15.1 Å². The molecule has 17 heavy (non-hydrogen) atoms. The molecule has 0 aliphatic heterocycles. The van der Waals surface area contributed by atoms with Crippen molar-refractivity contribution < 1.29 is 9.26 Å². The monoisotopic (exact) mass is 234 g/mol. The van der Waals surface area contributed by atoms with Gasteiger partial charge in [0, 0.05) is 19.0 Å². The molecule has 0 amide bonds. The summed E-state index contributed by atoms with van der Waals surface area (Å²) < 4.78 is 10.1. The van der Waals surface area contributed by atoms with Gasteiger partial charge in [0.25, 0.3) is 5.89 Å². The average molecular weight is 234 g/mol. The summed E-state index contributed by atoms with van der Waals surface area (Å²) in [7, 11) is 1.58. The Hall–Kier alpha value is -1.79. The normalized spacial score (nSPS) is 12.6. The minimum Gasteiger partial charge on any atom is -0.383 e. The van der Waals surface area contributed by atoms with E-state index in [9.17, 15) is 0 Å². The third-order valence-corrected chi connectivity index (χ3v) is 2.36. The van der Waals surface area contributed by atoms with Crippen LogP contribution in [0.25, 0.3) is 11.5 Å². The van der Waals surface area contributed by atoms with Crippen molar-refractivity contribution in [1.82, 2.24) is 15.1 Å². The van der Waals surface area contributed by atoms with E-state index in [0.29, 0.717) is 18.3 Å². The second-order valence-corrected chi connectivity index (χ2v) is 3.66. The predicted octanol–water partition coefficient (Wildman–Crippen LogP) is 1.09. The first kappa shape index (κ1) is 11.7. The number of methoxy groups -OCH3 is 1. The van der Waals surface area contributed by atoms with Gasteiger partial charge in [0.2, 0.25) is 0 Å². The lowest BCUT2D eigenvalue weighted by Crippen LogP contribution is -2.17. The number of rotatable bonds is 4. The molecule has 0 bridgehead atoms. The lowest BCUT2D eigenvalue weighted by Gasteiger charge is -2.03. The number of aromatic nitrogens is 3. The van der Waals surface area contributed by atoms with Crippen LogP contribution in [0.3, 0.4) is 0 Å². The third kappa shape index (κ3) is 2.48. The number of nitrogens with zero attached hydrogens (tertiary/aromatic N) is 3. The first-order chi connectivity index (χ1) is 8.22. The highest BCUT2D eigenvalue weighted by Gasteiger charge is 2.16. The number of ether oxygens (including phenoxy) is 1. The van der Waals surface area contributed by atoms with Gasteiger partial charge in [0.15, 0.2) is 5.82 Å². The highest BCUT2D eigenvalue weighted by atomic mass is 16.5.